The Morgan fingerprint density at radius 3 is 2.31 bits per heavy atom. The van der Waals surface area contributed by atoms with Crippen LogP contribution in [0.3, 0.4) is 0 Å². The molecule has 0 amide bonds. The molecule has 0 radical (unpaired) electrons. The molecule has 0 unspecified atom stereocenters. The van der Waals surface area contributed by atoms with Crippen LogP contribution in [-0.2, 0) is 22.9 Å². The predicted octanol–water partition coefficient (Wildman–Crippen LogP) is 4.49. The van der Waals surface area contributed by atoms with Gasteiger partial charge in [0, 0.05) is 10.4 Å². The Bertz CT molecular complexity index is 897. The first-order valence-electron chi connectivity index (χ1n) is 8.65. The molecule has 140 valence electrons. The molecule has 6 heteroatoms. The van der Waals surface area contributed by atoms with Crippen molar-refractivity contribution in [3.8, 4) is 6.07 Å². The number of sulfonamides is 1. The maximum Gasteiger partial charge on any atom is 0.250 e. The number of nitrogens with one attached hydrogen (secondary N) is 1. The molecule has 0 fully saturated rings. The topological polar surface area (TPSA) is 70.0 Å². The molecule has 0 aliphatic heterocycles. The number of thiophene rings is 1. The van der Waals surface area contributed by atoms with Gasteiger partial charge in [-0.1, -0.05) is 26.0 Å². The van der Waals surface area contributed by atoms with E-state index in [2.05, 4.69) is 24.6 Å². The number of rotatable bonds is 6. The smallest absolute Gasteiger partial charge is 0.206 e. The van der Waals surface area contributed by atoms with Crippen LogP contribution in [0.25, 0.3) is 0 Å². The summed E-state index contributed by atoms with van der Waals surface area (Å²) in [7, 11) is -3.58. The van der Waals surface area contributed by atoms with Gasteiger partial charge in [0.1, 0.15) is 4.21 Å². The molecule has 0 aliphatic carbocycles. The quantitative estimate of drug-likeness (QED) is 0.790. The van der Waals surface area contributed by atoms with Crippen molar-refractivity contribution in [2.45, 2.75) is 57.2 Å². The lowest BCUT2D eigenvalue weighted by Gasteiger charge is -2.20. The number of hydrogen-bond donors (Lipinski definition) is 1. The van der Waals surface area contributed by atoms with Crippen LogP contribution in [0.1, 0.15) is 56.2 Å². The van der Waals surface area contributed by atoms with Crippen molar-refractivity contribution in [2.75, 3.05) is 0 Å². The van der Waals surface area contributed by atoms with Crippen molar-refractivity contribution < 1.29 is 8.42 Å². The van der Waals surface area contributed by atoms with Gasteiger partial charge in [0.2, 0.25) is 0 Å². The zero-order valence-electron chi connectivity index (χ0n) is 16.0. The van der Waals surface area contributed by atoms with Crippen LogP contribution in [0.15, 0.2) is 34.5 Å². The molecule has 1 aromatic carbocycles. The maximum atomic E-state index is 12.9. The monoisotopic (exact) mass is 390 g/mol. The first-order valence-corrected chi connectivity index (χ1v) is 10.9. The normalized spacial score (nSPS) is 12.3. The number of nitriles is 1. The van der Waals surface area contributed by atoms with Gasteiger partial charge >= 0.3 is 0 Å². The van der Waals surface area contributed by atoms with Crippen LogP contribution in [0, 0.1) is 17.2 Å². The Labute approximate surface area is 160 Å². The second kappa shape index (κ2) is 7.91. The van der Waals surface area contributed by atoms with Crippen LogP contribution < -0.4 is 4.72 Å². The van der Waals surface area contributed by atoms with E-state index < -0.39 is 15.6 Å². The SMILES string of the molecule is CC(C)Cc1cc(Cc2ccc(C#N)cc2)c(S(=O)(=O)NC(C)(C)C)s1. The Balaban J connectivity index is 2.42. The molecule has 0 atom stereocenters. The van der Waals surface area contributed by atoms with Crippen molar-refractivity contribution in [3.63, 3.8) is 0 Å². The number of hydrogen-bond acceptors (Lipinski definition) is 4. The third-order valence-electron chi connectivity index (χ3n) is 3.59. The van der Waals surface area contributed by atoms with Gasteiger partial charge in [-0.05, 0) is 68.9 Å². The van der Waals surface area contributed by atoms with Gasteiger partial charge in [0.25, 0.3) is 10.0 Å². The fourth-order valence-corrected chi connectivity index (χ4v) is 6.07. The molecule has 1 N–H and O–H groups in total. The highest BCUT2D eigenvalue weighted by Crippen LogP contribution is 2.31. The van der Waals surface area contributed by atoms with Crippen molar-refractivity contribution >= 4 is 21.4 Å². The summed E-state index contributed by atoms with van der Waals surface area (Å²) < 4.78 is 29.0. The largest absolute Gasteiger partial charge is 0.250 e. The molecule has 2 rings (SSSR count). The Morgan fingerprint density at radius 1 is 1.19 bits per heavy atom. The first-order chi connectivity index (χ1) is 12.0. The molecule has 0 saturated carbocycles. The van der Waals surface area contributed by atoms with Crippen LogP contribution in [-0.4, -0.2) is 14.0 Å². The van der Waals surface area contributed by atoms with Gasteiger partial charge < -0.3 is 0 Å². The summed E-state index contributed by atoms with van der Waals surface area (Å²) in [6, 6.07) is 11.4. The van der Waals surface area contributed by atoms with E-state index >= 15 is 0 Å². The first kappa shape index (κ1) is 20.6. The number of benzene rings is 1. The van der Waals surface area contributed by atoms with Gasteiger partial charge in [0.15, 0.2) is 0 Å². The van der Waals surface area contributed by atoms with Crippen LogP contribution in [0.4, 0.5) is 0 Å². The summed E-state index contributed by atoms with van der Waals surface area (Å²) in [4.78, 5) is 1.08. The van der Waals surface area contributed by atoms with E-state index in [9.17, 15) is 8.42 Å². The van der Waals surface area contributed by atoms with Crippen molar-refractivity contribution in [1.29, 1.82) is 5.26 Å². The zero-order chi connectivity index (χ0) is 19.5. The highest BCUT2D eigenvalue weighted by atomic mass is 32.2. The minimum atomic E-state index is -3.58. The third kappa shape index (κ3) is 5.66. The third-order valence-corrected chi connectivity index (χ3v) is 7.13. The molecule has 26 heavy (non-hydrogen) atoms. The van der Waals surface area contributed by atoms with E-state index in [4.69, 9.17) is 5.26 Å². The van der Waals surface area contributed by atoms with Gasteiger partial charge in [-0.25, -0.2) is 13.1 Å². The minimum absolute atomic E-state index is 0.396. The predicted molar refractivity (Wildman–Crippen MR) is 107 cm³/mol. The van der Waals surface area contributed by atoms with Crippen molar-refractivity contribution in [3.05, 3.63) is 51.9 Å². The Kier molecular flexibility index (Phi) is 6.28. The van der Waals surface area contributed by atoms with E-state index in [0.717, 1.165) is 22.4 Å². The molecule has 0 spiro atoms. The van der Waals surface area contributed by atoms with Crippen molar-refractivity contribution in [2.24, 2.45) is 5.92 Å². The van der Waals surface area contributed by atoms with E-state index in [-0.39, 0.29) is 0 Å². The number of nitrogens with zero attached hydrogens (tertiary/aromatic N) is 1. The molecule has 4 nitrogen and oxygen atoms in total. The molecule has 1 heterocycles. The average molecular weight is 391 g/mol. The van der Waals surface area contributed by atoms with E-state index in [1.807, 2.05) is 39.0 Å². The molecule has 1 aromatic heterocycles. The van der Waals surface area contributed by atoms with Gasteiger partial charge in [-0.2, -0.15) is 5.26 Å². The van der Waals surface area contributed by atoms with Crippen LogP contribution >= 0.6 is 11.3 Å². The zero-order valence-corrected chi connectivity index (χ0v) is 17.6. The van der Waals surface area contributed by atoms with E-state index in [1.54, 1.807) is 12.1 Å². The molecule has 0 saturated heterocycles. The lowest BCUT2D eigenvalue weighted by molar-refractivity contribution is 0.492. The van der Waals surface area contributed by atoms with Crippen LogP contribution in [0.5, 0.6) is 0 Å². The molecular weight excluding hydrogens is 364 g/mol. The Hall–Kier alpha value is -1.68. The van der Waals surface area contributed by atoms with Crippen molar-refractivity contribution in [1.82, 2.24) is 4.72 Å². The lowest BCUT2D eigenvalue weighted by atomic mass is 10.0. The summed E-state index contributed by atoms with van der Waals surface area (Å²) in [6.45, 7) is 9.78. The fraction of sp³-hybridized carbons (Fsp3) is 0.450. The molecular formula is C20H26N2O2S2. The summed E-state index contributed by atoms with van der Waals surface area (Å²) >= 11 is 1.36. The summed E-state index contributed by atoms with van der Waals surface area (Å²) in [6.07, 6.45) is 1.39. The van der Waals surface area contributed by atoms with Gasteiger partial charge in [-0.3, -0.25) is 0 Å². The highest BCUT2D eigenvalue weighted by Gasteiger charge is 2.27. The maximum absolute atomic E-state index is 12.9. The second-order valence-electron chi connectivity index (χ2n) is 7.96. The molecule has 0 bridgehead atoms. The average Bonchev–Trinajstić information content (AvgIpc) is 2.88. The summed E-state index contributed by atoms with van der Waals surface area (Å²) in [5.41, 5.74) is 1.87. The summed E-state index contributed by atoms with van der Waals surface area (Å²) in [5, 5.41) is 8.93. The minimum Gasteiger partial charge on any atom is -0.206 e. The highest BCUT2D eigenvalue weighted by molar-refractivity contribution is 7.91. The van der Waals surface area contributed by atoms with E-state index in [0.29, 0.717) is 22.1 Å². The Morgan fingerprint density at radius 2 is 1.81 bits per heavy atom. The van der Waals surface area contributed by atoms with Gasteiger partial charge in [0.05, 0.1) is 11.6 Å². The lowest BCUT2D eigenvalue weighted by Crippen LogP contribution is -2.40. The standard InChI is InChI=1S/C20H26N2O2S2/c1-14(2)10-18-12-17(11-15-6-8-16(13-21)9-7-15)19(25-18)26(23,24)22-20(3,4)5/h6-9,12,14,22H,10-11H2,1-5H3. The molecule has 2 aromatic rings. The second-order valence-corrected chi connectivity index (χ2v) is 11.0. The van der Waals surface area contributed by atoms with Crippen LogP contribution in [0.2, 0.25) is 0 Å². The van der Waals surface area contributed by atoms with E-state index in [1.165, 1.54) is 11.3 Å². The van der Waals surface area contributed by atoms with Gasteiger partial charge in [-0.15, -0.1) is 11.3 Å². The molecule has 0 aliphatic rings. The summed E-state index contributed by atoms with van der Waals surface area (Å²) in [5.74, 6) is 0.461. The fourth-order valence-electron chi connectivity index (χ4n) is 2.69.